The minimum absolute atomic E-state index is 0.238. The summed E-state index contributed by atoms with van der Waals surface area (Å²) < 4.78 is 42.8. The van der Waals surface area contributed by atoms with Crippen LogP contribution in [0.2, 0.25) is 0 Å². The zero-order valence-corrected chi connectivity index (χ0v) is 25.8. The van der Waals surface area contributed by atoms with Crippen LogP contribution in [-0.4, -0.2) is 58.1 Å². The Balaban J connectivity index is 1.06. The van der Waals surface area contributed by atoms with E-state index < -0.39 is 5.41 Å². The molecule has 0 aliphatic carbocycles. The molecule has 8 nitrogen and oxygen atoms in total. The van der Waals surface area contributed by atoms with E-state index in [1.54, 1.807) is 31.4 Å². The van der Waals surface area contributed by atoms with Crippen molar-refractivity contribution in [2.75, 3.05) is 47.2 Å². The number of ether oxygens (including phenoxy) is 5. The molecular weight excluding hydrogens is 595 g/mol. The molecule has 1 saturated heterocycles. The second-order valence-corrected chi connectivity index (χ2v) is 11.6. The molecule has 0 radical (unpaired) electrons. The normalized spacial score (nSPS) is 13.7. The van der Waals surface area contributed by atoms with Crippen LogP contribution in [0.1, 0.15) is 21.6 Å². The first-order valence-electron chi connectivity index (χ1n) is 14.5. The summed E-state index contributed by atoms with van der Waals surface area (Å²) in [6.07, 6.45) is 0. The van der Waals surface area contributed by atoms with Gasteiger partial charge in [-0.1, -0.05) is 30.3 Å². The van der Waals surface area contributed by atoms with Crippen LogP contribution >= 0.6 is 11.3 Å². The fraction of sp³-hybridized carbons (Fsp3) is 0.257. The van der Waals surface area contributed by atoms with Gasteiger partial charge >= 0.3 is 0 Å². The zero-order valence-electron chi connectivity index (χ0n) is 25.0. The second kappa shape index (κ2) is 13.6. The summed E-state index contributed by atoms with van der Waals surface area (Å²) in [6.45, 7) is 2.37. The summed E-state index contributed by atoms with van der Waals surface area (Å²) in [5.74, 6) is 1.29. The van der Waals surface area contributed by atoms with Gasteiger partial charge in [-0.3, -0.25) is 9.78 Å². The quantitative estimate of drug-likeness (QED) is 0.151. The number of nitrogens with one attached hydrogen (secondary N) is 1. The van der Waals surface area contributed by atoms with Crippen molar-refractivity contribution in [1.82, 2.24) is 10.3 Å². The van der Waals surface area contributed by atoms with Gasteiger partial charge in [-0.15, -0.1) is 11.3 Å². The average Bonchev–Trinajstić information content (AvgIpc) is 3.50. The van der Waals surface area contributed by atoms with Crippen molar-refractivity contribution in [1.29, 1.82) is 0 Å². The topological polar surface area (TPSA) is 88.1 Å². The molecule has 1 N–H and O–H groups in total. The van der Waals surface area contributed by atoms with E-state index in [-0.39, 0.29) is 11.7 Å². The Morgan fingerprint density at radius 1 is 0.978 bits per heavy atom. The van der Waals surface area contributed by atoms with Crippen LogP contribution in [-0.2, 0) is 21.5 Å². The average molecular weight is 629 g/mol. The molecule has 5 aromatic rings. The lowest BCUT2D eigenvalue weighted by molar-refractivity contribution is -0.0600. The lowest BCUT2D eigenvalue weighted by Gasteiger charge is -2.41. The number of pyridine rings is 1. The maximum atomic E-state index is 14.3. The molecule has 6 rings (SSSR count). The summed E-state index contributed by atoms with van der Waals surface area (Å²) in [4.78, 5) is 18.2. The first kappa shape index (κ1) is 30.5. The Morgan fingerprint density at radius 2 is 1.80 bits per heavy atom. The number of carbonyl (C=O) groups is 1. The van der Waals surface area contributed by atoms with Crippen LogP contribution in [0.15, 0.2) is 84.2 Å². The van der Waals surface area contributed by atoms with Gasteiger partial charge in [0, 0.05) is 28.4 Å². The molecule has 1 aliphatic heterocycles. The van der Waals surface area contributed by atoms with E-state index in [1.807, 2.05) is 53.9 Å². The van der Waals surface area contributed by atoms with Gasteiger partial charge in [-0.25, -0.2) is 4.39 Å². The van der Waals surface area contributed by atoms with Gasteiger partial charge in [0.1, 0.15) is 18.2 Å². The molecule has 232 valence electrons. The third-order valence-corrected chi connectivity index (χ3v) is 8.81. The van der Waals surface area contributed by atoms with Gasteiger partial charge in [0.15, 0.2) is 11.5 Å². The fourth-order valence-electron chi connectivity index (χ4n) is 5.19. The molecule has 1 fully saturated rings. The van der Waals surface area contributed by atoms with E-state index in [9.17, 15) is 9.18 Å². The first-order valence-corrected chi connectivity index (χ1v) is 15.4. The largest absolute Gasteiger partial charge is 0.497 e. The van der Waals surface area contributed by atoms with Gasteiger partial charge in [-0.05, 0) is 54.1 Å². The highest BCUT2D eigenvalue weighted by atomic mass is 32.1. The Morgan fingerprint density at radius 3 is 2.56 bits per heavy atom. The molecule has 10 heteroatoms. The Labute approximate surface area is 264 Å². The molecule has 45 heavy (non-hydrogen) atoms. The number of halogens is 1. The number of benzene rings is 3. The lowest BCUT2D eigenvalue weighted by atomic mass is 9.81. The number of carbonyl (C=O) groups excluding carboxylic acids is 1. The van der Waals surface area contributed by atoms with Gasteiger partial charge in [0.25, 0.3) is 5.91 Å². The number of fused-ring (bicyclic) bond motifs is 1. The van der Waals surface area contributed by atoms with Crippen LogP contribution in [0, 0.1) is 5.82 Å². The number of hydrogen-bond acceptors (Lipinski definition) is 8. The van der Waals surface area contributed by atoms with E-state index in [0.717, 1.165) is 33.7 Å². The Kier molecular flexibility index (Phi) is 9.25. The standard InChI is InChI=1S/C35H33FN2O6S/c1-40-25-12-9-23(10-13-25)18-42-15-16-44-30-14-11-24(17-31(30)41-2)34(39)37-20-35(21-43-22-35)32-8-4-7-29(38-32)27-19-45-33-26(27)5-3-6-28(33)36/h3-14,17,19H,15-16,18,20-22H2,1-2H3,(H,37,39). The van der Waals surface area contributed by atoms with Crippen LogP contribution in [0.25, 0.3) is 21.3 Å². The number of nitrogens with zero attached hydrogens (tertiary/aromatic N) is 1. The maximum absolute atomic E-state index is 14.3. The van der Waals surface area contributed by atoms with Crippen molar-refractivity contribution in [3.05, 3.63) is 107 Å². The van der Waals surface area contributed by atoms with E-state index >= 15 is 0 Å². The number of hydrogen-bond donors (Lipinski definition) is 1. The molecule has 0 saturated carbocycles. The predicted octanol–water partition coefficient (Wildman–Crippen LogP) is 6.41. The highest BCUT2D eigenvalue weighted by molar-refractivity contribution is 7.17. The molecule has 1 aliphatic rings. The van der Waals surface area contributed by atoms with E-state index in [0.29, 0.717) is 61.3 Å². The van der Waals surface area contributed by atoms with Gasteiger partial charge in [0.2, 0.25) is 0 Å². The monoisotopic (exact) mass is 628 g/mol. The number of thiophene rings is 1. The van der Waals surface area contributed by atoms with Gasteiger partial charge in [0.05, 0.1) is 62.1 Å². The van der Waals surface area contributed by atoms with Crippen molar-refractivity contribution in [2.45, 2.75) is 12.0 Å². The molecule has 0 atom stereocenters. The van der Waals surface area contributed by atoms with Crippen LogP contribution < -0.4 is 19.5 Å². The number of rotatable bonds is 13. The SMILES string of the molecule is COc1ccc(COCCOc2ccc(C(=O)NCC3(c4cccc(-c5csc6c(F)cccc56)n4)COC3)cc2OC)cc1. The molecule has 2 aromatic heterocycles. The third kappa shape index (κ3) is 6.63. The Bertz CT molecular complexity index is 1790. The second-order valence-electron chi connectivity index (χ2n) is 10.7. The summed E-state index contributed by atoms with van der Waals surface area (Å²) in [7, 11) is 3.17. The minimum Gasteiger partial charge on any atom is -0.497 e. The minimum atomic E-state index is -0.471. The van der Waals surface area contributed by atoms with Crippen molar-refractivity contribution >= 4 is 27.3 Å². The highest BCUT2D eigenvalue weighted by Gasteiger charge is 2.42. The molecule has 3 heterocycles. The lowest BCUT2D eigenvalue weighted by Crippen LogP contribution is -2.54. The summed E-state index contributed by atoms with van der Waals surface area (Å²) in [5, 5.41) is 5.82. The summed E-state index contributed by atoms with van der Waals surface area (Å²) in [6, 6.07) is 23.7. The number of methoxy groups -OCH3 is 2. The van der Waals surface area contributed by atoms with E-state index in [2.05, 4.69) is 5.32 Å². The van der Waals surface area contributed by atoms with Crippen LogP contribution in [0.5, 0.6) is 17.2 Å². The van der Waals surface area contributed by atoms with Crippen molar-refractivity contribution < 1.29 is 32.9 Å². The highest BCUT2D eigenvalue weighted by Crippen LogP contribution is 2.37. The van der Waals surface area contributed by atoms with E-state index in [4.69, 9.17) is 28.7 Å². The van der Waals surface area contributed by atoms with Crippen molar-refractivity contribution in [2.24, 2.45) is 0 Å². The summed E-state index contributed by atoms with van der Waals surface area (Å²) >= 11 is 1.36. The van der Waals surface area contributed by atoms with Crippen molar-refractivity contribution in [3.8, 4) is 28.5 Å². The van der Waals surface area contributed by atoms with Gasteiger partial charge < -0.3 is 29.0 Å². The van der Waals surface area contributed by atoms with Crippen molar-refractivity contribution in [3.63, 3.8) is 0 Å². The zero-order chi connectivity index (χ0) is 31.2. The van der Waals surface area contributed by atoms with E-state index in [1.165, 1.54) is 24.5 Å². The molecular formula is C35H33FN2O6S. The smallest absolute Gasteiger partial charge is 0.251 e. The Hall–Kier alpha value is -4.51. The number of amides is 1. The third-order valence-electron chi connectivity index (χ3n) is 7.80. The van der Waals surface area contributed by atoms with Crippen LogP contribution in [0.4, 0.5) is 4.39 Å². The predicted molar refractivity (Wildman–Crippen MR) is 171 cm³/mol. The summed E-state index contributed by atoms with van der Waals surface area (Å²) in [5.41, 5.74) is 3.47. The molecule has 0 spiro atoms. The van der Waals surface area contributed by atoms with Crippen LogP contribution in [0.3, 0.4) is 0 Å². The number of aromatic nitrogens is 1. The molecule has 0 unspecified atom stereocenters. The molecule has 1 amide bonds. The molecule has 0 bridgehead atoms. The fourth-order valence-corrected chi connectivity index (χ4v) is 6.16. The van der Waals surface area contributed by atoms with Gasteiger partial charge in [-0.2, -0.15) is 0 Å². The molecule has 3 aromatic carbocycles. The first-order chi connectivity index (χ1) is 22.0. The maximum Gasteiger partial charge on any atom is 0.251 e.